The average Bonchev–Trinajstić information content (AvgIpc) is 4.09. The molecular formula is C48H30N2S. The zero-order chi connectivity index (χ0) is 56.1. The number of rotatable bonds is 4. The molecular weight excluding hydrogens is 637 g/mol. The summed E-state index contributed by atoms with van der Waals surface area (Å²) in [6.07, 6.45) is 0. The molecule has 0 fully saturated rings. The van der Waals surface area contributed by atoms with Crippen LogP contribution in [0.1, 0.15) is 35.6 Å². The van der Waals surface area contributed by atoms with Crippen molar-refractivity contribution in [1.29, 1.82) is 0 Å². The van der Waals surface area contributed by atoms with E-state index in [1.807, 2.05) is 0 Å². The van der Waals surface area contributed by atoms with E-state index in [1.165, 1.54) is 24.3 Å². The fraction of sp³-hybridized carbons (Fsp3) is 0. The van der Waals surface area contributed by atoms with Crippen molar-refractivity contribution in [3.8, 4) is 33.6 Å². The Bertz CT molecular complexity index is 4600. The van der Waals surface area contributed by atoms with Gasteiger partial charge in [-0.05, 0) is 83.2 Å². The predicted molar refractivity (Wildman–Crippen MR) is 219 cm³/mol. The summed E-state index contributed by atoms with van der Waals surface area (Å²) in [6, 6.07) is -14.1. The van der Waals surface area contributed by atoms with Crippen LogP contribution in [0, 0.1) is 0 Å². The standard InChI is InChI=1S/C48H30N2S/c1-3-13-31(14-4-1)39-29-35(30-42-38-19-9-12-22-47(38)51-48(39)42)50-44-21-11-8-18-37(44)41-28-33(24-26-46(41)50)32-23-25-45-40(27-32)36-17-7-10-20-43(36)49(45)34-15-5-2-6-16-34/h1-30H/i1D,2D,5D,6D,7D,8D,9D,10D,11D,12D,15D,16D,17D,18D,19D,20D,21D,22D,23D,24D,25D,26D,27D,28D,29D,30D. The first-order chi connectivity index (χ1) is 36.1. The number of aromatic nitrogens is 2. The van der Waals surface area contributed by atoms with E-state index in [-0.39, 0.29) is 37.3 Å². The molecule has 0 radical (unpaired) electrons. The summed E-state index contributed by atoms with van der Waals surface area (Å²) in [5, 5.41) is -2.37. The predicted octanol–water partition coefficient (Wildman–Crippen LogP) is 13.6. The maximum atomic E-state index is 9.99. The van der Waals surface area contributed by atoms with Crippen molar-refractivity contribution in [3.05, 3.63) is 181 Å². The van der Waals surface area contributed by atoms with Gasteiger partial charge in [-0.15, -0.1) is 11.3 Å². The van der Waals surface area contributed by atoms with Crippen molar-refractivity contribution < 1.29 is 35.6 Å². The molecule has 3 heteroatoms. The monoisotopic (exact) mass is 692 g/mol. The van der Waals surface area contributed by atoms with Crippen molar-refractivity contribution >= 4 is 75.1 Å². The molecule has 3 aromatic heterocycles. The number of fused-ring (bicyclic) bond motifs is 9. The SMILES string of the molecule is [2H]c1ccc(-c2c([2H])c(-n3c4c([2H])c([2H])c([2H])c([2H])c4c4c([2H])c(-c5c([2H])c([2H])c6c(c5[2H])c5c([2H])c([2H])c([2H])c([2H])c5n6-c5c([2H])c([2H])c([2H])c([2H])c5[2H])c([2H])c([2H])c43)c([2H])c3c2sc2c([2H])c([2H])c([2H])c([2H])c23)cc1. The minimum atomic E-state index is -0.981. The quantitative estimate of drug-likeness (QED) is 0.174. The molecule has 0 amide bonds. The molecule has 0 spiro atoms. The lowest BCUT2D eigenvalue weighted by atomic mass is 10.0. The van der Waals surface area contributed by atoms with E-state index in [9.17, 15) is 13.7 Å². The van der Waals surface area contributed by atoms with Gasteiger partial charge in [0, 0.05) is 58.7 Å². The lowest BCUT2D eigenvalue weighted by Gasteiger charge is -2.13. The van der Waals surface area contributed by atoms with E-state index in [2.05, 4.69) is 0 Å². The van der Waals surface area contributed by atoms with Crippen LogP contribution in [0.15, 0.2) is 181 Å². The number of thiophene rings is 1. The van der Waals surface area contributed by atoms with Crippen LogP contribution >= 0.6 is 11.3 Å². The second-order valence-corrected chi connectivity index (χ2v) is 12.3. The zero-order valence-corrected chi connectivity index (χ0v) is 26.4. The van der Waals surface area contributed by atoms with Gasteiger partial charge in [-0.2, -0.15) is 0 Å². The van der Waals surface area contributed by atoms with Crippen molar-refractivity contribution in [3.63, 3.8) is 0 Å². The van der Waals surface area contributed by atoms with E-state index in [1.54, 1.807) is 0 Å². The summed E-state index contributed by atoms with van der Waals surface area (Å²) in [7, 11) is 0. The van der Waals surface area contributed by atoms with Crippen molar-refractivity contribution in [2.75, 3.05) is 0 Å². The third kappa shape index (κ3) is 4.29. The van der Waals surface area contributed by atoms with Gasteiger partial charge in [-0.3, -0.25) is 0 Å². The molecule has 0 aliphatic rings. The number of para-hydroxylation sites is 3. The van der Waals surface area contributed by atoms with Gasteiger partial charge in [-0.1, -0.05) is 115 Å². The van der Waals surface area contributed by atoms with E-state index >= 15 is 0 Å². The normalized spacial score (nSPS) is 19.1. The second-order valence-electron chi connectivity index (χ2n) is 11.3. The molecule has 0 N–H and O–H groups in total. The largest absolute Gasteiger partial charge is 0.309 e. The van der Waals surface area contributed by atoms with Crippen LogP contribution in [0.25, 0.3) is 97.4 Å². The first-order valence-corrected chi connectivity index (χ1v) is 16.1. The molecule has 0 saturated carbocycles. The number of benzene rings is 8. The van der Waals surface area contributed by atoms with Crippen molar-refractivity contribution in [1.82, 2.24) is 9.13 Å². The third-order valence-electron chi connectivity index (χ3n) is 8.55. The highest BCUT2D eigenvalue weighted by Crippen LogP contribution is 2.44. The Morgan fingerprint density at radius 3 is 1.61 bits per heavy atom. The fourth-order valence-electron chi connectivity index (χ4n) is 6.39. The first-order valence-electron chi connectivity index (χ1n) is 28.3. The minimum absolute atomic E-state index is 0.00129. The summed E-state index contributed by atoms with van der Waals surface area (Å²) in [5.74, 6) is 0. The van der Waals surface area contributed by atoms with Gasteiger partial charge in [-0.25, -0.2) is 0 Å². The van der Waals surface area contributed by atoms with E-state index < -0.39 is 217 Å². The minimum Gasteiger partial charge on any atom is -0.309 e. The second kappa shape index (κ2) is 11.0. The first kappa shape index (κ1) is 13.0. The molecule has 11 rings (SSSR count). The van der Waals surface area contributed by atoms with Gasteiger partial charge < -0.3 is 9.13 Å². The Balaban J connectivity index is 1.36. The molecule has 0 atom stereocenters. The van der Waals surface area contributed by atoms with Gasteiger partial charge in [0.2, 0.25) is 0 Å². The van der Waals surface area contributed by atoms with E-state index in [0.717, 1.165) is 20.5 Å². The van der Waals surface area contributed by atoms with Crippen molar-refractivity contribution in [2.24, 2.45) is 0 Å². The Morgan fingerprint density at radius 1 is 0.392 bits per heavy atom. The molecule has 11 aromatic rings. The third-order valence-corrected chi connectivity index (χ3v) is 9.68. The zero-order valence-electron chi connectivity index (χ0n) is 51.6. The van der Waals surface area contributed by atoms with Gasteiger partial charge in [0.1, 0.15) is 0 Å². The van der Waals surface area contributed by atoms with Crippen LogP contribution in [0.5, 0.6) is 0 Å². The molecule has 0 unspecified atom stereocenters. The Labute approximate surface area is 335 Å². The summed E-state index contributed by atoms with van der Waals surface area (Å²) in [5.41, 5.74) is -4.71. The van der Waals surface area contributed by atoms with Crippen LogP contribution in [0.4, 0.5) is 0 Å². The van der Waals surface area contributed by atoms with Crippen LogP contribution in [-0.4, -0.2) is 9.13 Å². The highest BCUT2D eigenvalue weighted by Gasteiger charge is 2.19. The van der Waals surface area contributed by atoms with Crippen molar-refractivity contribution in [2.45, 2.75) is 0 Å². The van der Waals surface area contributed by atoms with Crippen LogP contribution < -0.4 is 0 Å². The average molecular weight is 693 g/mol. The summed E-state index contributed by atoms with van der Waals surface area (Å²) >= 11 is 0.859. The number of nitrogens with zero attached hydrogens (tertiary/aromatic N) is 2. The fourth-order valence-corrected chi connectivity index (χ4v) is 7.48. The Kier molecular flexibility index (Phi) is 2.82. The van der Waals surface area contributed by atoms with Crippen LogP contribution in [0.2, 0.25) is 0 Å². The highest BCUT2D eigenvalue weighted by molar-refractivity contribution is 7.26. The molecule has 0 aliphatic carbocycles. The summed E-state index contributed by atoms with van der Waals surface area (Å²) < 4.78 is 238. The van der Waals surface area contributed by atoms with Crippen LogP contribution in [-0.2, 0) is 0 Å². The summed E-state index contributed by atoms with van der Waals surface area (Å²) in [6.45, 7) is 0. The molecule has 0 bridgehead atoms. The Hall–Kier alpha value is -6.42. The van der Waals surface area contributed by atoms with Gasteiger partial charge in [0.05, 0.1) is 57.7 Å². The topological polar surface area (TPSA) is 9.86 Å². The molecule has 8 aromatic carbocycles. The van der Waals surface area contributed by atoms with E-state index in [4.69, 9.17) is 21.9 Å². The lowest BCUT2D eigenvalue weighted by Crippen LogP contribution is -1.95. The maximum Gasteiger partial charge on any atom is 0.0652 e. The molecule has 51 heavy (non-hydrogen) atoms. The van der Waals surface area contributed by atoms with E-state index in [0.29, 0.717) is 0 Å². The molecule has 2 nitrogen and oxygen atoms in total. The van der Waals surface area contributed by atoms with Crippen LogP contribution in [0.3, 0.4) is 0 Å². The smallest absolute Gasteiger partial charge is 0.0652 e. The van der Waals surface area contributed by atoms with Gasteiger partial charge >= 0.3 is 0 Å². The number of hydrogen-bond acceptors (Lipinski definition) is 1. The maximum absolute atomic E-state index is 9.99. The Morgan fingerprint density at radius 2 is 0.941 bits per heavy atom. The molecule has 238 valence electrons. The number of hydrogen-bond donors (Lipinski definition) is 0. The van der Waals surface area contributed by atoms with Gasteiger partial charge in [0.25, 0.3) is 0 Å². The van der Waals surface area contributed by atoms with Gasteiger partial charge in [0.15, 0.2) is 0 Å². The molecule has 0 aliphatic heterocycles. The summed E-state index contributed by atoms with van der Waals surface area (Å²) in [4.78, 5) is 0. The molecule has 0 saturated heterocycles. The highest BCUT2D eigenvalue weighted by atomic mass is 32.1. The molecule has 3 heterocycles. The lowest BCUT2D eigenvalue weighted by molar-refractivity contribution is 1.18.